The highest BCUT2D eigenvalue weighted by Gasteiger charge is 2.34. The minimum absolute atomic E-state index is 0.0459. The van der Waals surface area contributed by atoms with Crippen molar-refractivity contribution in [1.82, 2.24) is 9.99 Å². The average Bonchev–Trinajstić information content (AvgIpc) is 3.13. The maximum Gasteiger partial charge on any atom is 0.257 e. The van der Waals surface area contributed by atoms with E-state index >= 15 is 0 Å². The number of benzene rings is 2. The van der Waals surface area contributed by atoms with Gasteiger partial charge in [0.15, 0.2) is 0 Å². The number of para-hydroxylation sites is 1. The minimum Gasteiger partial charge on any atom is -0.321 e. The lowest BCUT2D eigenvalue weighted by atomic mass is 9.95. The van der Waals surface area contributed by atoms with Gasteiger partial charge in [-0.25, -0.2) is 5.01 Å². The Morgan fingerprint density at radius 3 is 2.57 bits per heavy atom. The van der Waals surface area contributed by atoms with Crippen LogP contribution in [0.5, 0.6) is 0 Å². The fourth-order valence-corrected chi connectivity index (χ4v) is 3.86. The molecule has 4 rings (SSSR count). The van der Waals surface area contributed by atoms with Crippen LogP contribution in [0.15, 0.2) is 58.4 Å². The van der Waals surface area contributed by atoms with Crippen LogP contribution in [-0.4, -0.2) is 21.6 Å². The molecule has 28 heavy (non-hydrogen) atoms. The lowest BCUT2D eigenvalue weighted by Gasteiger charge is -2.21. The first kappa shape index (κ1) is 18.2. The molecule has 5 nitrogen and oxygen atoms in total. The second-order valence-corrected chi connectivity index (χ2v) is 7.27. The molecule has 0 radical (unpaired) electrons. The van der Waals surface area contributed by atoms with E-state index in [1.165, 1.54) is 0 Å². The van der Waals surface area contributed by atoms with Gasteiger partial charge in [-0.1, -0.05) is 55.0 Å². The zero-order chi connectivity index (χ0) is 19.8. The van der Waals surface area contributed by atoms with E-state index in [0.29, 0.717) is 24.1 Å². The molecule has 0 aliphatic carbocycles. The molecule has 2 aromatic carbocycles. The molecule has 0 bridgehead atoms. The first-order valence-corrected chi connectivity index (χ1v) is 9.57. The third-order valence-corrected chi connectivity index (χ3v) is 5.40. The van der Waals surface area contributed by atoms with E-state index in [4.69, 9.17) is 0 Å². The largest absolute Gasteiger partial charge is 0.321 e. The molecule has 1 aromatic heterocycles. The van der Waals surface area contributed by atoms with Crippen molar-refractivity contribution < 1.29 is 4.79 Å². The number of H-pyrrole nitrogens is 1. The van der Waals surface area contributed by atoms with Crippen LogP contribution in [0.1, 0.15) is 48.1 Å². The number of aromatic nitrogens is 1. The number of aryl methyl sites for hydroxylation is 2. The van der Waals surface area contributed by atoms with Crippen LogP contribution < -0.4 is 5.56 Å². The zero-order valence-corrected chi connectivity index (χ0v) is 16.3. The second kappa shape index (κ2) is 7.08. The van der Waals surface area contributed by atoms with Gasteiger partial charge in [0.25, 0.3) is 5.56 Å². The summed E-state index contributed by atoms with van der Waals surface area (Å²) in [4.78, 5) is 28.3. The standard InChI is InChI=1S/C23H23N3O2/c1-4-21(27)26-20(16-11-9-14(2)10-12-16)13-19(25-26)22-15(3)17-7-5-6-8-18(17)24-23(22)28/h5-12,20H,4,13H2,1-3H3,(H,24,28)/t20-/m1/s1. The molecular weight excluding hydrogens is 350 g/mol. The van der Waals surface area contributed by atoms with Gasteiger partial charge in [-0.05, 0) is 31.0 Å². The molecule has 2 heterocycles. The molecule has 0 saturated heterocycles. The number of amides is 1. The van der Waals surface area contributed by atoms with Gasteiger partial charge < -0.3 is 4.98 Å². The van der Waals surface area contributed by atoms with Crippen LogP contribution in [-0.2, 0) is 4.79 Å². The van der Waals surface area contributed by atoms with Crippen molar-refractivity contribution in [2.75, 3.05) is 0 Å². The van der Waals surface area contributed by atoms with Crippen LogP contribution in [0.4, 0.5) is 0 Å². The van der Waals surface area contributed by atoms with Crippen LogP contribution in [0, 0.1) is 13.8 Å². The third-order valence-electron chi connectivity index (χ3n) is 5.40. The van der Waals surface area contributed by atoms with Crippen molar-refractivity contribution in [3.8, 4) is 0 Å². The number of hydrogen-bond acceptors (Lipinski definition) is 3. The maximum absolute atomic E-state index is 12.8. The molecule has 0 saturated carbocycles. The van der Waals surface area contributed by atoms with Crippen molar-refractivity contribution in [2.24, 2.45) is 5.10 Å². The van der Waals surface area contributed by atoms with E-state index in [2.05, 4.69) is 10.1 Å². The quantitative estimate of drug-likeness (QED) is 0.746. The van der Waals surface area contributed by atoms with E-state index in [1.807, 2.05) is 69.3 Å². The Labute approximate surface area is 163 Å². The Bertz CT molecular complexity index is 1140. The maximum atomic E-state index is 12.8. The smallest absolute Gasteiger partial charge is 0.257 e. The molecule has 3 aromatic rings. The topological polar surface area (TPSA) is 65.5 Å². The Morgan fingerprint density at radius 2 is 1.86 bits per heavy atom. The van der Waals surface area contributed by atoms with Crippen LogP contribution >= 0.6 is 0 Å². The Hall–Kier alpha value is -3.21. The van der Waals surface area contributed by atoms with Gasteiger partial charge >= 0.3 is 0 Å². The van der Waals surface area contributed by atoms with Gasteiger partial charge in [-0.3, -0.25) is 9.59 Å². The number of rotatable bonds is 3. The van der Waals surface area contributed by atoms with Gasteiger partial charge in [0.05, 0.1) is 17.3 Å². The highest BCUT2D eigenvalue weighted by molar-refractivity contribution is 6.06. The summed E-state index contributed by atoms with van der Waals surface area (Å²) in [6.07, 6.45) is 0.892. The number of pyridine rings is 1. The lowest BCUT2D eigenvalue weighted by molar-refractivity contribution is -0.132. The monoisotopic (exact) mass is 373 g/mol. The molecule has 1 aliphatic rings. The van der Waals surface area contributed by atoms with E-state index in [9.17, 15) is 9.59 Å². The predicted molar refractivity (Wildman–Crippen MR) is 112 cm³/mol. The van der Waals surface area contributed by atoms with Gasteiger partial charge in [0.1, 0.15) is 0 Å². The first-order valence-electron chi connectivity index (χ1n) is 9.57. The number of hydrogen-bond donors (Lipinski definition) is 1. The van der Waals surface area contributed by atoms with Crippen molar-refractivity contribution in [2.45, 2.75) is 39.7 Å². The van der Waals surface area contributed by atoms with Crippen molar-refractivity contribution >= 4 is 22.5 Å². The Kier molecular flexibility index (Phi) is 4.59. The summed E-state index contributed by atoms with van der Waals surface area (Å²) in [7, 11) is 0. The number of aromatic amines is 1. The molecule has 142 valence electrons. The van der Waals surface area contributed by atoms with Crippen LogP contribution in [0.2, 0.25) is 0 Å². The summed E-state index contributed by atoms with van der Waals surface area (Å²) >= 11 is 0. The molecule has 0 unspecified atom stereocenters. The molecule has 0 spiro atoms. The van der Waals surface area contributed by atoms with Crippen LogP contribution in [0.3, 0.4) is 0 Å². The van der Waals surface area contributed by atoms with E-state index in [1.54, 1.807) is 5.01 Å². The summed E-state index contributed by atoms with van der Waals surface area (Å²) in [6, 6.07) is 15.7. The number of carbonyl (C=O) groups is 1. The highest BCUT2D eigenvalue weighted by atomic mass is 16.2. The van der Waals surface area contributed by atoms with Crippen molar-refractivity contribution in [1.29, 1.82) is 0 Å². The molecule has 1 amide bonds. The summed E-state index contributed by atoms with van der Waals surface area (Å²) in [5, 5.41) is 7.16. The van der Waals surface area contributed by atoms with E-state index in [0.717, 1.165) is 27.6 Å². The number of nitrogens with one attached hydrogen (secondary N) is 1. The van der Waals surface area contributed by atoms with Crippen molar-refractivity contribution in [3.05, 3.63) is 81.1 Å². The number of nitrogens with zero attached hydrogens (tertiary/aromatic N) is 2. The zero-order valence-electron chi connectivity index (χ0n) is 16.3. The number of hydrazone groups is 1. The van der Waals surface area contributed by atoms with Gasteiger partial charge in [-0.15, -0.1) is 0 Å². The SMILES string of the molecule is CCC(=O)N1N=C(c2c(C)c3ccccc3[nH]c2=O)C[C@@H]1c1ccc(C)cc1. The fourth-order valence-electron chi connectivity index (χ4n) is 3.86. The van der Waals surface area contributed by atoms with Gasteiger partial charge in [0, 0.05) is 23.7 Å². The van der Waals surface area contributed by atoms with Crippen molar-refractivity contribution in [3.63, 3.8) is 0 Å². The second-order valence-electron chi connectivity index (χ2n) is 7.27. The fraction of sp³-hybridized carbons (Fsp3) is 0.261. The normalized spacial score (nSPS) is 16.5. The molecule has 0 fully saturated rings. The molecule has 1 atom stereocenters. The highest BCUT2D eigenvalue weighted by Crippen LogP contribution is 2.34. The Balaban J connectivity index is 1.82. The van der Waals surface area contributed by atoms with E-state index < -0.39 is 0 Å². The average molecular weight is 373 g/mol. The predicted octanol–water partition coefficient (Wildman–Crippen LogP) is 4.23. The van der Waals surface area contributed by atoms with Crippen LogP contribution in [0.25, 0.3) is 10.9 Å². The molecule has 1 N–H and O–H groups in total. The lowest BCUT2D eigenvalue weighted by Crippen LogP contribution is -2.26. The van der Waals surface area contributed by atoms with E-state index in [-0.39, 0.29) is 17.5 Å². The molecular formula is C23H23N3O2. The third kappa shape index (κ3) is 3.03. The number of carbonyl (C=O) groups excluding carboxylic acids is 1. The molecule has 5 heteroatoms. The summed E-state index contributed by atoms with van der Waals surface area (Å²) in [5.74, 6) is -0.0459. The number of fused-ring (bicyclic) bond motifs is 1. The summed E-state index contributed by atoms with van der Waals surface area (Å²) < 4.78 is 0. The first-order chi connectivity index (χ1) is 13.5. The summed E-state index contributed by atoms with van der Waals surface area (Å²) in [6.45, 7) is 5.81. The minimum atomic E-state index is -0.187. The van der Waals surface area contributed by atoms with Gasteiger partial charge in [-0.2, -0.15) is 5.10 Å². The summed E-state index contributed by atoms with van der Waals surface area (Å²) in [5.41, 5.74) is 4.97. The van der Waals surface area contributed by atoms with Gasteiger partial charge in [0.2, 0.25) is 5.91 Å². The molecule has 1 aliphatic heterocycles. The Morgan fingerprint density at radius 1 is 1.14 bits per heavy atom.